The van der Waals surface area contributed by atoms with Gasteiger partial charge in [-0.15, -0.1) is 11.3 Å². The zero-order valence-electron chi connectivity index (χ0n) is 11.3. The van der Waals surface area contributed by atoms with E-state index in [-0.39, 0.29) is 16.2 Å². The Morgan fingerprint density at radius 1 is 1.50 bits per heavy atom. The van der Waals surface area contributed by atoms with Gasteiger partial charge in [0.2, 0.25) is 10.2 Å². The van der Waals surface area contributed by atoms with E-state index in [1.54, 1.807) is 5.38 Å². The van der Waals surface area contributed by atoms with Crippen LogP contribution >= 0.6 is 11.3 Å². The number of aromatic nitrogens is 1. The molecule has 0 bridgehead atoms. The number of aryl methyl sites for hydroxylation is 1. The first-order valence-corrected chi connectivity index (χ1v) is 9.38. The molecule has 20 heavy (non-hydrogen) atoms. The van der Waals surface area contributed by atoms with Crippen LogP contribution in [0.2, 0.25) is 0 Å². The normalized spacial score (nSPS) is 26.1. The lowest BCUT2D eigenvalue weighted by atomic mass is 9.81. The van der Waals surface area contributed by atoms with E-state index < -0.39 is 10.0 Å². The zero-order chi connectivity index (χ0) is 14.3. The molecule has 1 aromatic rings. The fraction of sp³-hybridized carbons (Fsp3) is 0.692. The van der Waals surface area contributed by atoms with Gasteiger partial charge in [-0.05, 0) is 24.7 Å². The zero-order valence-corrected chi connectivity index (χ0v) is 13.0. The van der Waals surface area contributed by atoms with Crippen molar-refractivity contribution in [1.29, 1.82) is 0 Å². The highest BCUT2D eigenvalue weighted by Gasteiger charge is 2.49. The van der Waals surface area contributed by atoms with E-state index in [1.807, 2.05) is 6.92 Å². The predicted octanol–water partition coefficient (Wildman–Crippen LogP) is 1.95. The quantitative estimate of drug-likeness (QED) is 0.901. The molecule has 3 rings (SSSR count). The lowest BCUT2D eigenvalue weighted by Gasteiger charge is -2.25. The summed E-state index contributed by atoms with van der Waals surface area (Å²) in [6.45, 7) is 1.91. The van der Waals surface area contributed by atoms with Crippen LogP contribution in [-0.4, -0.2) is 19.3 Å². The van der Waals surface area contributed by atoms with Crippen molar-refractivity contribution >= 4 is 27.3 Å². The predicted molar refractivity (Wildman–Crippen MR) is 75.8 cm³/mol. The molecule has 0 radical (unpaired) electrons. The highest BCUT2D eigenvalue weighted by molar-refractivity contribution is 7.92. The first kappa shape index (κ1) is 14.0. The molecule has 7 heteroatoms. The molecule has 0 aromatic carbocycles. The monoisotopic (exact) mass is 314 g/mol. The molecule has 1 N–H and O–H groups in total. The molecule has 2 aliphatic carbocycles. The number of carbonyl (C=O) groups is 1. The van der Waals surface area contributed by atoms with E-state index in [2.05, 4.69) is 9.71 Å². The molecule has 2 fully saturated rings. The van der Waals surface area contributed by atoms with Gasteiger partial charge in [-0.3, -0.25) is 4.79 Å². The van der Waals surface area contributed by atoms with Crippen LogP contribution in [0.25, 0.3) is 0 Å². The van der Waals surface area contributed by atoms with Gasteiger partial charge >= 0.3 is 0 Å². The van der Waals surface area contributed by atoms with Crippen LogP contribution in [0.4, 0.5) is 0 Å². The highest BCUT2D eigenvalue weighted by Crippen LogP contribution is 2.51. The van der Waals surface area contributed by atoms with E-state index in [1.165, 1.54) is 19.3 Å². The SMILES string of the molecule is CCc1csc(S(=O)(=O)NC(=O)[C@@H]2C[C@H]2C2CCC2)n1. The smallest absolute Gasteiger partial charge is 0.274 e. The molecule has 0 aliphatic heterocycles. The second-order valence-corrected chi connectivity index (χ2v) is 8.34. The van der Waals surface area contributed by atoms with Crippen LogP contribution in [0, 0.1) is 17.8 Å². The first-order chi connectivity index (χ1) is 9.51. The third kappa shape index (κ3) is 2.61. The lowest BCUT2D eigenvalue weighted by molar-refractivity contribution is -0.121. The summed E-state index contributed by atoms with van der Waals surface area (Å²) >= 11 is 1.06. The minimum Gasteiger partial charge on any atom is -0.274 e. The summed E-state index contributed by atoms with van der Waals surface area (Å²) in [6.07, 6.45) is 5.14. The molecular formula is C13H18N2O3S2. The Hall–Kier alpha value is -0.950. The Labute approximate surface area is 122 Å². The molecule has 0 spiro atoms. The van der Waals surface area contributed by atoms with Crippen LogP contribution in [0.5, 0.6) is 0 Å². The number of rotatable bonds is 5. The second-order valence-electron chi connectivity index (χ2n) is 5.63. The summed E-state index contributed by atoms with van der Waals surface area (Å²) < 4.78 is 26.3. The first-order valence-electron chi connectivity index (χ1n) is 7.02. The Morgan fingerprint density at radius 3 is 2.80 bits per heavy atom. The number of hydrogen-bond acceptors (Lipinski definition) is 5. The van der Waals surface area contributed by atoms with Crippen molar-refractivity contribution in [2.24, 2.45) is 17.8 Å². The topological polar surface area (TPSA) is 76.1 Å². The van der Waals surface area contributed by atoms with E-state index in [9.17, 15) is 13.2 Å². The van der Waals surface area contributed by atoms with Crippen molar-refractivity contribution in [3.8, 4) is 0 Å². The van der Waals surface area contributed by atoms with Gasteiger partial charge in [0.15, 0.2) is 0 Å². The molecule has 1 amide bonds. The maximum Gasteiger partial charge on any atom is 0.291 e. The van der Waals surface area contributed by atoms with Crippen molar-refractivity contribution in [3.63, 3.8) is 0 Å². The molecule has 2 atom stereocenters. The summed E-state index contributed by atoms with van der Waals surface area (Å²) in [5, 5.41) is 1.72. The number of sulfonamides is 1. The Kier molecular flexibility index (Phi) is 3.58. The van der Waals surface area contributed by atoms with Crippen LogP contribution in [0.3, 0.4) is 0 Å². The summed E-state index contributed by atoms with van der Waals surface area (Å²) in [7, 11) is -3.78. The van der Waals surface area contributed by atoms with Crippen molar-refractivity contribution in [1.82, 2.24) is 9.71 Å². The minimum atomic E-state index is -3.78. The van der Waals surface area contributed by atoms with Crippen molar-refractivity contribution in [2.45, 2.75) is 43.4 Å². The fourth-order valence-electron chi connectivity index (χ4n) is 2.73. The lowest BCUT2D eigenvalue weighted by Crippen LogP contribution is -2.33. The highest BCUT2D eigenvalue weighted by atomic mass is 32.2. The average molecular weight is 314 g/mol. The van der Waals surface area contributed by atoms with Gasteiger partial charge in [0, 0.05) is 11.3 Å². The second kappa shape index (κ2) is 5.11. The Bertz CT molecular complexity index is 619. The number of nitrogens with zero attached hydrogens (tertiary/aromatic N) is 1. The molecule has 0 unspecified atom stereocenters. The van der Waals surface area contributed by atoms with Crippen LogP contribution < -0.4 is 4.72 Å². The molecule has 2 saturated carbocycles. The Balaban J connectivity index is 1.63. The minimum absolute atomic E-state index is 0.0106. The van der Waals surface area contributed by atoms with Crippen molar-refractivity contribution in [2.75, 3.05) is 0 Å². The summed E-state index contributed by atoms with van der Waals surface area (Å²) in [5.41, 5.74) is 0.738. The number of thiazole rings is 1. The maximum atomic E-state index is 12.1. The summed E-state index contributed by atoms with van der Waals surface area (Å²) in [6, 6.07) is 0. The number of amides is 1. The van der Waals surface area contributed by atoms with Crippen LogP contribution in [0.15, 0.2) is 9.72 Å². The number of nitrogens with one attached hydrogen (secondary N) is 1. The third-order valence-electron chi connectivity index (χ3n) is 4.29. The molecule has 5 nitrogen and oxygen atoms in total. The van der Waals surface area contributed by atoms with Gasteiger partial charge in [-0.25, -0.2) is 9.71 Å². The van der Waals surface area contributed by atoms with Crippen LogP contribution in [0.1, 0.15) is 38.3 Å². The Morgan fingerprint density at radius 2 is 2.25 bits per heavy atom. The largest absolute Gasteiger partial charge is 0.291 e. The molecule has 0 saturated heterocycles. The van der Waals surface area contributed by atoms with Gasteiger partial charge in [0.05, 0.1) is 5.69 Å². The van der Waals surface area contributed by atoms with Crippen molar-refractivity contribution < 1.29 is 13.2 Å². The maximum absolute atomic E-state index is 12.1. The summed E-state index contributed by atoms with van der Waals surface area (Å²) in [5.74, 6) is 0.581. The van der Waals surface area contributed by atoms with E-state index in [0.717, 1.165) is 23.5 Å². The molecular weight excluding hydrogens is 296 g/mol. The fourth-order valence-corrected chi connectivity index (χ4v) is 4.87. The van der Waals surface area contributed by atoms with Crippen molar-refractivity contribution in [3.05, 3.63) is 11.1 Å². The molecule has 1 heterocycles. The standard InChI is InChI=1S/C13H18N2O3S2/c1-2-9-7-19-13(14-9)20(17,18)15-12(16)11-6-10(11)8-4-3-5-8/h7-8,10-11H,2-6H2,1H3,(H,15,16)/t10-,11+/m0/s1. The summed E-state index contributed by atoms with van der Waals surface area (Å²) in [4.78, 5) is 16.0. The van der Waals surface area contributed by atoms with E-state index in [0.29, 0.717) is 18.3 Å². The average Bonchev–Trinajstić information content (AvgIpc) is 2.93. The van der Waals surface area contributed by atoms with E-state index >= 15 is 0 Å². The van der Waals surface area contributed by atoms with E-state index in [4.69, 9.17) is 0 Å². The van der Waals surface area contributed by atoms with Gasteiger partial charge in [0.1, 0.15) is 0 Å². The van der Waals surface area contributed by atoms with Crippen LogP contribution in [-0.2, 0) is 21.2 Å². The van der Waals surface area contributed by atoms with Gasteiger partial charge < -0.3 is 0 Å². The molecule has 2 aliphatic rings. The van der Waals surface area contributed by atoms with Gasteiger partial charge in [-0.2, -0.15) is 8.42 Å². The number of hydrogen-bond donors (Lipinski definition) is 1. The molecule has 1 aromatic heterocycles. The molecule has 110 valence electrons. The third-order valence-corrected chi connectivity index (χ3v) is 6.94. The number of carbonyl (C=O) groups excluding carboxylic acids is 1. The van der Waals surface area contributed by atoms with Gasteiger partial charge in [-0.1, -0.05) is 26.2 Å². The van der Waals surface area contributed by atoms with Gasteiger partial charge in [0.25, 0.3) is 10.0 Å².